The third-order valence-electron chi connectivity index (χ3n) is 14.1. The summed E-state index contributed by atoms with van der Waals surface area (Å²) < 4.78 is 18.7. The lowest BCUT2D eigenvalue weighted by atomic mass is 9.78. The van der Waals surface area contributed by atoms with Gasteiger partial charge in [-0.05, 0) is 78.8 Å². The number of aromatic nitrogens is 2. The second-order valence-electron chi connectivity index (χ2n) is 19.2. The summed E-state index contributed by atoms with van der Waals surface area (Å²) >= 11 is 0. The molecular formula is C55H55N3O2Si+2. The molecular weight excluding hydrogens is 763 g/mol. The van der Waals surface area contributed by atoms with Gasteiger partial charge in [-0.15, -0.1) is 0 Å². The van der Waals surface area contributed by atoms with Crippen LogP contribution < -0.4 is 4.57 Å². The van der Waals surface area contributed by atoms with E-state index in [1.165, 1.54) is 66.1 Å². The molecule has 2 unspecified atom stereocenters. The van der Waals surface area contributed by atoms with Crippen LogP contribution in [-0.4, -0.2) is 35.9 Å². The number of fused-ring (bicyclic) bond motifs is 13. The van der Waals surface area contributed by atoms with Crippen molar-refractivity contribution in [1.82, 2.24) is 4.98 Å². The number of allylic oxidation sites excluding steroid dienone is 1. The smallest absolute Gasteiger partial charge is 0.249 e. The van der Waals surface area contributed by atoms with E-state index in [1.54, 1.807) is 0 Å². The quantitative estimate of drug-likeness (QED) is 0.119. The summed E-state index contributed by atoms with van der Waals surface area (Å²) in [6, 6.07) is 38.7. The number of rotatable bonds is 7. The number of hydrogen-bond acceptors (Lipinski definition) is 3. The first-order valence-corrected chi connectivity index (χ1v) is 26.3. The zero-order valence-corrected chi connectivity index (χ0v) is 36.8. The van der Waals surface area contributed by atoms with Gasteiger partial charge in [-0.25, -0.2) is 9.56 Å². The molecule has 4 aromatic carbocycles. The van der Waals surface area contributed by atoms with E-state index in [4.69, 9.17) is 20.4 Å². The first-order valence-electron chi connectivity index (χ1n) is 22.6. The Morgan fingerprint density at radius 3 is 2.39 bits per heavy atom. The highest BCUT2D eigenvalue weighted by Gasteiger charge is 2.48. The van der Waals surface area contributed by atoms with Gasteiger partial charge in [0.1, 0.15) is 17.7 Å². The molecule has 11 rings (SSSR count). The Morgan fingerprint density at radius 2 is 1.54 bits per heavy atom. The predicted octanol–water partition coefficient (Wildman–Crippen LogP) is 13.5. The average Bonchev–Trinajstić information content (AvgIpc) is 3.86. The Balaban J connectivity index is 1.11. The molecule has 61 heavy (non-hydrogen) atoms. The van der Waals surface area contributed by atoms with Crippen LogP contribution >= 0.6 is 0 Å². The fourth-order valence-corrected chi connectivity index (χ4v) is 12.0. The summed E-state index contributed by atoms with van der Waals surface area (Å²) in [5.74, 6) is 0.969. The van der Waals surface area contributed by atoms with Crippen molar-refractivity contribution >= 4 is 63.5 Å². The molecule has 2 atom stereocenters. The zero-order valence-electron chi connectivity index (χ0n) is 35.8. The molecule has 4 aromatic heterocycles. The summed E-state index contributed by atoms with van der Waals surface area (Å²) in [6.07, 6.45) is 14.1. The standard InChI is InChI=1S/C55H55N3O2Si/c1-6-48-40-18-11-10-17-39(40)42-25-23-38-24-26-44-45-27-28-47(46-21-14-20-43-41-19-12-13-22-50(41)59-53(43)46)56-55(45)60-54(44)51(38)49-34-37(33-36-15-8-7-9-16-36)29-30-57(49)35(2)52(42)58(48)31-32-61(3,4)5/h6,10-14,17-22,24,26-30,34,36,42,52H,1-2,7-9,15-16,23,25,31-33H2,3-5H3/q+2. The largest absolute Gasteiger partial charge is 0.455 e. The van der Waals surface area contributed by atoms with Gasteiger partial charge in [-0.1, -0.05) is 119 Å². The minimum atomic E-state index is -1.38. The number of benzene rings is 4. The van der Waals surface area contributed by atoms with Crippen molar-refractivity contribution < 1.29 is 18.0 Å². The average molecular weight is 818 g/mol. The highest BCUT2D eigenvalue weighted by molar-refractivity contribution is 6.76. The second kappa shape index (κ2) is 14.9. The third-order valence-corrected chi connectivity index (χ3v) is 15.9. The molecule has 0 amide bonds. The summed E-state index contributed by atoms with van der Waals surface area (Å²) in [5, 5.41) is 4.31. The van der Waals surface area contributed by atoms with E-state index >= 15 is 0 Å². The topological polar surface area (TPSA) is 46.1 Å². The van der Waals surface area contributed by atoms with Crippen LogP contribution in [-0.2, 0) is 12.8 Å². The van der Waals surface area contributed by atoms with Crippen LogP contribution in [0.3, 0.4) is 0 Å². The van der Waals surface area contributed by atoms with E-state index in [-0.39, 0.29) is 12.0 Å². The molecule has 304 valence electrons. The molecule has 3 aliphatic rings. The summed E-state index contributed by atoms with van der Waals surface area (Å²) in [5.41, 5.74) is 15.1. The van der Waals surface area contributed by atoms with Crippen LogP contribution in [0.25, 0.3) is 72.2 Å². The van der Waals surface area contributed by atoms with Gasteiger partial charge in [0.25, 0.3) is 0 Å². The molecule has 6 heteroatoms. The third kappa shape index (κ3) is 6.53. The Labute approximate surface area is 359 Å². The van der Waals surface area contributed by atoms with Crippen LogP contribution in [0.2, 0.25) is 25.7 Å². The van der Waals surface area contributed by atoms with Gasteiger partial charge in [0.05, 0.1) is 25.2 Å². The van der Waals surface area contributed by atoms with E-state index in [9.17, 15) is 0 Å². The van der Waals surface area contributed by atoms with E-state index in [0.717, 1.165) is 98.2 Å². The maximum Gasteiger partial charge on any atom is 0.249 e. The fourth-order valence-electron chi connectivity index (χ4n) is 11.1. The van der Waals surface area contributed by atoms with Crippen LogP contribution in [0.1, 0.15) is 66.7 Å². The lowest BCUT2D eigenvalue weighted by molar-refractivity contribution is -0.622. The maximum atomic E-state index is 7.10. The molecule has 5 nitrogen and oxygen atoms in total. The Morgan fingerprint density at radius 1 is 0.770 bits per heavy atom. The van der Waals surface area contributed by atoms with Crippen molar-refractivity contribution in [2.75, 3.05) is 6.54 Å². The molecule has 2 aliphatic heterocycles. The summed E-state index contributed by atoms with van der Waals surface area (Å²) in [7, 11) is -1.38. The molecule has 0 spiro atoms. The van der Waals surface area contributed by atoms with E-state index in [2.05, 4.69) is 139 Å². The Hall–Kier alpha value is -5.85. The van der Waals surface area contributed by atoms with Gasteiger partial charge in [0, 0.05) is 56.9 Å². The van der Waals surface area contributed by atoms with Crippen molar-refractivity contribution in [2.24, 2.45) is 5.92 Å². The second-order valence-corrected chi connectivity index (χ2v) is 24.8. The molecule has 0 radical (unpaired) electrons. The van der Waals surface area contributed by atoms with Crippen molar-refractivity contribution in [3.8, 4) is 22.5 Å². The maximum absolute atomic E-state index is 7.10. The molecule has 8 aromatic rings. The minimum absolute atomic E-state index is 0.0675. The van der Waals surface area contributed by atoms with Crippen LogP contribution in [0.15, 0.2) is 137 Å². The monoisotopic (exact) mass is 817 g/mol. The highest BCUT2D eigenvalue weighted by Crippen LogP contribution is 2.44. The first-order chi connectivity index (χ1) is 29.7. The van der Waals surface area contributed by atoms with Crippen molar-refractivity contribution in [2.45, 2.75) is 89.0 Å². The number of hydrogen-bond donors (Lipinski definition) is 0. The molecule has 6 heterocycles. The zero-order chi connectivity index (χ0) is 41.4. The normalized spacial score (nSPS) is 18.4. The number of aryl methyl sites for hydroxylation is 1. The van der Waals surface area contributed by atoms with E-state index in [0.29, 0.717) is 5.71 Å². The van der Waals surface area contributed by atoms with Crippen molar-refractivity contribution in [1.29, 1.82) is 0 Å². The van der Waals surface area contributed by atoms with Gasteiger partial charge < -0.3 is 8.83 Å². The predicted molar refractivity (Wildman–Crippen MR) is 254 cm³/mol. The van der Waals surface area contributed by atoms with Crippen LogP contribution in [0.4, 0.5) is 0 Å². The van der Waals surface area contributed by atoms with Gasteiger partial charge >= 0.3 is 0 Å². The number of nitrogens with zero attached hydrogens (tertiary/aromatic N) is 3. The molecule has 1 fully saturated rings. The molecule has 0 bridgehead atoms. The van der Waals surface area contributed by atoms with Gasteiger partial charge in [0.2, 0.25) is 28.9 Å². The van der Waals surface area contributed by atoms with E-state index in [1.807, 2.05) is 12.1 Å². The number of para-hydroxylation sites is 2. The van der Waals surface area contributed by atoms with Crippen LogP contribution in [0.5, 0.6) is 0 Å². The van der Waals surface area contributed by atoms with Gasteiger partial charge in [0.15, 0.2) is 11.8 Å². The minimum Gasteiger partial charge on any atom is -0.455 e. The van der Waals surface area contributed by atoms with Gasteiger partial charge in [-0.3, -0.25) is 0 Å². The van der Waals surface area contributed by atoms with Crippen molar-refractivity contribution in [3.63, 3.8) is 0 Å². The lowest BCUT2D eigenvalue weighted by Gasteiger charge is -2.32. The first kappa shape index (κ1) is 38.1. The SMILES string of the molecule is C=CC1=[N+](CC[Si](C)(C)C)C2C(=C)[n+]3ccc(CC4CCCCC4)cc3-c3c(ccc4c3oc3nc(-c5cccc6c5oc5ccccc56)ccc34)CCC2c2ccccc21. The Bertz CT molecular complexity index is 3100. The van der Waals surface area contributed by atoms with Gasteiger partial charge in [-0.2, -0.15) is 4.57 Å². The number of pyridine rings is 2. The Kier molecular flexibility index (Phi) is 9.34. The molecule has 0 saturated heterocycles. The van der Waals surface area contributed by atoms with E-state index < -0.39 is 8.07 Å². The number of furan rings is 2. The molecule has 1 saturated carbocycles. The fraction of sp³-hybridized carbons (Fsp3) is 0.291. The molecule has 0 N–H and O–H groups in total. The molecule has 1 aliphatic carbocycles. The highest BCUT2D eigenvalue weighted by atomic mass is 28.3. The van der Waals surface area contributed by atoms with Crippen molar-refractivity contribution in [3.05, 3.63) is 151 Å². The van der Waals surface area contributed by atoms with Crippen LogP contribution in [0, 0.1) is 5.92 Å². The summed E-state index contributed by atoms with van der Waals surface area (Å²) in [6.45, 7) is 17.9. The lowest BCUT2D eigenvalue weighted by Crippen LogP contribution is -2.50. The summed E-state index contributed by atoms with van der Waals surface area (Å²) in [4.78, 5) is 5.26.